The normalized spacial score (nSPS) is 22.3. The van der Waals surface area contributed by atoms with Crippen LogP contribution in [0.1, 0.15) is 33.1 Å². The average molecular weight is 685 g/mol. The molecule has 3 amide bonds. The van der Waals surface area contributed by atoms with Crippen molar-refractivity contribution in [3.8, 4) is 11.6 Å². The fourth-order valence-electron chi connectivity index (χ4n) is 7.08. The molecular weight excluding hydrogens is 644 g/mol. The SMILES string of the molecule is CCC(C)C(NC(=O)CNC)C(=O)N1CC(F)CC1Cn1c(-c2nc3cc(F)ccc3n2CC2CC(F)CN2C=O)nc2cc(F)ccc21. The maximum absolute atomic E-state index is 15.2. The molecule has 0 bridgehead atoms. The average Bonchev–Trinajstić information content (AvgIpc) is 3.82. The molecule has 0 radical (unpaired) electrons. The third-order valence-electron chi connectivity index (χ3n) is 9.73. The van der Waals surface area contributed by atoms with Crippen LogP contribution in [0.2, 0.25) is 0 Å². The number of nitrogens with zero attached hydrogens (tertiary/aromatic N) is 6. The van der Waals surface area contributed by atoms with Gasteiger partial charge >= 0.3 is 0 Å². The summed E-state index contributed by atoms with van der Waals surface area (Å²) in [5.41, 5.74) is 1.59. The number of likely N-dealkylation sites (tertiary alicyclic amines) is 2. The van der Waals surface area contributed by atoms with Crippen LogP contribution in [0.15, 0.2) is 36.4 Å². The van der Waals surface area contributed by atoms with E-state index in [4.69, 9.17) is 9.97 Å². The minimum Gasteiger partial charge on any atom is -0.343 e. The third kappa shape index (κ3) is 6.85. The first-order chi connectivity index (χ1) is 23.5. The molecule has 11 nitrogen and oxygen atoms in total. The fraction of sp³-hybridized carbons (Fsp3) is 0.500. The maximum Gasteiger partial charge on any atom is 0.245 e. The minimum absolute atomic E-state index is 0.0126. The highest BCUT2D eigenvalue weighted by Crippen LogP contribution is 2.33. The van der Waals surface area contributed by atoms with Crippen LogP contribution in [-0.2, 0) is 27.5 Å². The topological polar surface area (TPSA) is 117 Å². The quantitative estimate of drug-likeness (QED) is 0.174. The van der Waals surface area contributed by atoms with Gasteiger partial charge in [-0.2, -0.15) is 0 Å². The smallest absolute Gasteiger partial charge is 0.245 e. The second kappa shape index (κ2) is 14.1. The molecule has 0 spiro atoms. The highest BCUT2D eigenvalue weighted by molar-refractivity contribution is 5.89. The van der Waals surface area contributed by atoms with Crippen LogP contribution in [0.4, 0.5) is 17.6 Å². The van der Waals surface area contributed by atoms with Crippen molar-refractivity contribution in [1.82, 2.24) is 39.5 Å². The molecule has 2 fully saturated rings. The van der Waals surface area contributed by atoms with E-state index in [0.29, 0.717) is 29.4 Å². The van der Waals surface area contributed by atoms with Gasteiger partial charge in [0, 0.05) is 38.1 Å². The predicted molar refractivity (Wildman–Crippen MR) is 175 cm³/mol. The molecule has 2 saturated heterocycles. The summed E-state index contributed by atoms with van der Waals surface area (Å²) in [4.78, 5) is 50.7. The van der Waals surface area contributed by atoms with Crippen molar-refractivity contribution in [2.45, 2.75) is 76.7 Å². The van der Waals surface area contributed by atoms with Gasteiger partial charge in [0.05, 0.1) is 53.8 Å². The number of aromatic nitrogens is 4. The molecule has 2 aliphatic rings. The number of carbonyl (C=O) groups excluding carboxylic acids is 3. The number of hydrogen-bond acceptors (Lipinski definition) is 6. The fourth-order valence-corrected chi connectivity index (χ4v) is 7.08. The van der Waals surface area contributed by atoms with Gasteiger partial charge in [-0.15, -0.1) is 0 Å². The first-order valence-electron chi connectivity index (χ1n) is 16.6. The molecule has 2 aliphatic heterocycles. The number of fused-ring (bicyclic) bond motifs is 2. The van der Waals surface area contributed by atoms with E-state index in [2.05, 4.69) is 10.6 Å². The van der Waals surface area contributed by atoms with Gasteiger partial charge in [0.25, 0.3) is 0 Å². The van der Waals surface area contributed by atoms with Gasteiger partial charge in [-0.3, -0.25) is 14.4 Å². The lowest BCUT2D eigenvalue weighted by atomic mass is 9.97. The molecule has 4 heterocycles. The molecule has 49 heavy (non-hydrogen) atoms. The van der Waals surface area contributed by atoms with Crippen molar-refractivity contribution in [1.29, 1.82) is 0 Å². The van der Waals surface area contributed by atoms with Crippen molar-refractivity contribution in [2.75, 3.05) is 26.7 Å². The van der Waals surface area contributed by atoms with E-state index in [1.54, 1.807) is 28.3 Å². The van der Waals surface area contributed by atoms with Gasteiger partial charge in [-0.05, 0) is 37.2 Å². The molecular formula is C34H40F4N8O3. The molecule has 15 heteroatoms. The van der Waals surface area contributed by atoms with E-state index in [0.717, 1.165) is 0 Å². The first-order valence-corrected chi connectivity index (χ1v) is 16.6. The second-order valence-corrected chi connectivity index (χ2v) is 13.1. The van der Waals surface area contributed by atoms with Crippen LogP contribution in [0.25, 0.3) is 33.7 Å². The van der Waals surface area contributed by atoms with Crippen LogP contribution in [-0.4, -0.2) is 104 Å². The molecule has 0 aliphatic carbocycles. The van der Waals surface area contributed by atoms with E-state index >= 15 is 4.39 Å². The van der Waals surface area contributed by atoms with Crippen LogP contribution >= 0.6 is 0 Å². The number of alkyl halides is 2. The van der Waals surface area contributed by atoms with Crippen molar-refractivity contribution in [3.63, 3.8) is 0 Å². The zero-order valence-corrected chi connectivity index (χ0v) is 27.6. The summed E-state index contributed by atoms with van der Waals surface area (Å²) >= 11 is 0. The lowest BCUT2D eigenvalue weighted by Gasteiger charge is -2.32. The van der Waals surface area contributed by atoms with E-state index in [1.807, 2.05) is 13.8 Å². The lowest BCUT2D eigenvalue weighted by Crippen LogP contribution is -2.54. The van der Waals surface area contributed by atoms with Gasteiger partial charge in [0.1, 0.15) is 30.0 Å². The van der Waals surface area contributed by atoms with Crippen molar-refractivity contribution < 1.29 is 31.9 Å². The van der Waals surface area contributed by atoms with Crippen molar-refractivity contribution in [3.05, 3.63) is 48.0 Å². The highest BCUT2D eigenvalue weighted by atomic mass is 19.1. The van der Waals surface area contributed by atoms with Gasteiger partial charge in [0.15, 0.2) is 11.6 Å². The van der Waals surface area contributed by atoms with Gasteiger partial charge in [-0.25, -0.2) is 27.5 Å². The largest absolute Gasteiger partial charge is 0.343 e. The number of benzene rings is 2. The standard InChI is InChI=1S/C34H40F4N8O3/c1-4-19(2)31(42-30(48)13-39-3)34(49)44-15-23(38)10-25(44)17-46-29-8-6-21(36)12-27(29)41-33(46)32-40-26-11-20(35)5-7-28(26)45(32)16-24-9-22(37)14-43(24)18-47/h5-8,11-12,18-19,22-25,31,39H,4,9-10,13-17H2,1-3H3,(H,42,48). The Labute approximate surface area is 280 Å². The Morgan fingerprint density at radius 1 is 0.918 bits per heavy atom. The maximum atomic E-state index is 15.2. The summed E-state index contributed by atoms with van der Waals surface area (Å²) < 4.78 is 62.1. The number of amides is 3. The molecule has 2 N–H and O–H groups in total. The molecule has 4 aromatic rings. The number of rotatable bonds is 12. The highest BCUT2D eigenvalue weighted by Gasteiger charge is 2.41. The number of halogens is 4. The minimum atomic E-state index is -1.33. The van der Waals surface area contributed by atoms with E-state index in [-0.39, 0.29) is 74.6 Å². The summed E-state index contributed by atoms with van der Waals surface area (Å²) in [6.45, 7) is 3.73. The first kappa shape index (κ1) is 34.3. The zero-order chi connectivity index (χ0) is 35.0. The number of hydrogen-bond donors (Lipinski definition) is 2. The molecule has 6 unspecified atom stereocenters. The van der Waals surface area contributed by atoms with Crippen molar-refractivity contribution >= 4 is 40.3 Å². The summed E-state index contributed by atoms with van der Waals surface area (Å²) in [5.74, 6) is -1.54. The Balaban J connectivity index is 1.43. The third-order valence-corrected chi connectivity index (χ3v) is 9.73. The van der Waals surface area contributed by atoms with Crippen LogP contribution in [0.5, 0.6) is 0 Å². The second-order valence-electron chi connectivity index (χ2n) is 13.1. The van der Waals surface area contributed by atoms with Crippen molar-refractivity contribution in [2.24, 2.45) is 5.92 Å². The lowest BCUT2D eigenvalue weighted by molar-refractivity contribution is -0.138. The molecule has 6 rings (SSSR count). The Morgan fingerprint density at radius 3 is 2.02 bits per heavy atom. The van der Waals surface area contributed by atoms with Crippen LogP contribution < -0.4 is 10.6 Å². The predicted octanol–water partition coefficient (Wildman–Crippen LogP) is 3.59. The molecule has 2 aromatic heterocycles. The van der Waals surface area contributed by atoms with E-state index in [9.17, 15) is 27.6 Å². The Kier molecular flexibility index (Phi) is 9.91. The van der Waals surface area contributed by atoms with E-state index < -0.39 is 48.0 Å². The Hall–Kier alpha value is -4.53. The number of imidazole rings is 2. The van der Waals surface area contributed by atoms with Gasteiger partial charge in [-0.1, -0.05) is 20.3 Å². The summed E-state index contributed by atoms with van der Waals surface area (Å²) in [7, 11) is 1.62. The summed E-state index contributed by atoms with van der Waals surface area (Å²) in [6, 6.07) is 6.09. The van der Waals surface area contributed by atoms with Gasteiger partial charge < -0.3 is 29.6 Å². The van der Waals surface area contributed by atoms with Crippen LogP contribution in [0, 0.1) is 17.6 Å². The summed E-state index contributed by atoms with van der Waals surface area (Å²) in [6.07, 6.45) is -1.22. The molecule has 262 valence electrons. The number of nitrogens with one attached hydrogen (secondary N) is 2. The van der Waals surface area contributed by atoms with E-state index in [1.165, 1.54) is 34.1 Å². The van der Waals surface area contributed by atoms with Gasteiger partial charge in [0.2, 0.25) is 18.2 Å². The molecule has 2 aromatic carbocycles. The number of likely N-dealkylation sites (N-methyl/N-ethyl adjacent to an activating group) is 1. The summed E-state index contributed by atoms with van der Waals surface area (Å²) in [5, 5.41) is 5.58. The monoisotopic (exact) mass is 684 g/mol. The molecule has 0 saturated carbocycles. The number of carbonyl (C=O) groups is 3. The Bertz CT molecular complexity index is 1860. The van der Waals surface area contributed by atoms with Crippen LogP contribution in [0.3, 0.4) is 0 Å². The molecule has 6 atom stereocenters. The Morgan fingerprint density at radius 2 is 1.47 bits per heavy atom. The zero-order valence-electron chi connectivity index (χ0n) is 27.6.